The number of rotatable bonds is 9. The van der Waals surface area contributed by atoms with Crippen LogP contribution in [0.1, 0.15) is 6.42 Å². The normalized spacial score (nSPS) is 16.9. The van der Waals surface area contributed by atoms with Crippen LogP contribution in [0.4, 0.5) is 27.8 Å². The number of carbonyl (C=O) groups excluding carboxylic acids is 2. The third-order valence-corrected chi connectivity index (χ3v) is 7.79. The van der Waals surface area contributed by atoms with Crippen LogP contribution in [0, 0.1) is 0 Å². The molecule has 0 saturated carbocycles. The lowest BCUT2D eigenvalue weighted by atomic mass is 10.1. The van der Waals surface area contributed by atoms with E-state index in [0.717, 1.165) is 59.9 Å². The molecular formula is C32H38N10O3. The second-order valence-electron chi connectivity index (χ2n) is 11.4. The number of hydrogen-bond acceptors (Lipinski definition) is 9. The molecule has 4 N–H and O–H groups in total. The highest BCUT2D eigenvalue weighted by Crippen LogP contribution is 2.30. The van der Waals surface area contributed by atoms with E-state index in [4.69, 9.17) is 4.74 Å². The van der Waals surface area contributed by atoms with Gasteiger partial charge in [-0.25, -0.2) is 19.7 Å². The molecule has 6 rings (SSSR count). The average molecular weight is 611 g/mol. The number of urea groups is 1. The first kappa shape index (κ1) is 30.0. The monoisotopic (exact) mass is 610 g/mol. The number of nitrogens with one attached hydrogen (secondary N) is 4. The van der Waals surface area contributed by atoms with Crippen LogP contribution < -0.4 is 25.8 Å². The number of pyridine rings is 1. The summed E-state index contributed by atoms with van der Waals surface area (Å²) in [6.45, 7) is 5.16. The second kappa shape index (κ2) is 13.7. The summed E-state index contributed by atoms with van der Waals surface area (Å²) in [5.41, 5.74) is 4.24. The van der Waals surface area contributed by atoms with Crippen molar-refractivity contribution >= 4 is 46.0 Å². The molecule has 3 aromatic heterocycles. The number of nitrogens with zero attached hydrogens (tertiary/aromatic N) is 6. The number of aromatic nitrogens is 4. The number of ether oxygens (including phenoxy) is 1. The molecule has 2 fully saturated rings. The Hall–Kier alpha value is -5.01. The van der Waals surface area contributed by atoms with E-state index in [1.807, 2.05) is 61.5 Å². The predicted molar refractivity (Wildman–Crippen MR) is 176 cm³/mol. The molecule has 1 atom stereocenters. The van der Waals surface area contributed by atoms with Gasteiger partial charge < -0.3 is 35.1 Å². The fraction of sp³-hybridized carbons (Fsp3) is 0.344. The first-order valence-electron chi connectivity index (χ1n) is 15.1. The first-order chi connectivity index (χ1) is 21.9. The number of carbonyl (C=O) groups is 2. The minimum atomic E-state index is -0.389. The second-order valence-corrected chi connectivity index (χ2v) is 11.4. The molecule has 2 saturated heterocycles. The maximum absolute atomic E-state index is 12.8. The Labute approximate surface area is 261 Å². The van der Waals surface area contributed by atoms with Crippen molar-refractivity contribution in [2.45, 2.75) is 12.5 Å². The number of anilines is 4. The molecule has 0 aliphatic carbocycles. The molecule has 2 aliphatic heterocycles. The Morgan fingerprint density at radius 2 is 1.84 bits per heavy atom. The van der Waals surface area contributed by atoms with Crippen LogP contribution in [0.3, 0.4) is 0 Å². The molecule has 45 heavy (non-hydrogen) atoms. The zero-order chi connectivity index (χ0) is 31.2. The zero-order valence-corrected chi connectivity index (χ0v) is 25.5. The van der Waals surface area contributed by atoms with Crippen LogP contribution in [0.2, 0.25) is 0 Å². The number of H-pyrrole nitrogens is 1. The maximum Gasteiger partial charge on any atom is 0.324 e. The predicted octanol–water partition coefficient (Wildman–Crippen LogP) is 3.31. The van der Waals surface area contributed by atoms with Crippen LogP contribution in [-0.2, 0) is 9.53 Å². The molecule has 13 heteroatoms. The summed E-state index contributed by atoms with van der Waals surface area (Å²) >= 11 is 0. The minimum Gasteiger partial charge on any atom is -0.378 e. The Bertz CT molecular complexity index is 1660. The van der Waals surface area contributed by atoms with E-state index in [1.165, 1.54) is 0 Å². The van der Waals surface area contributed by atoms with E-state index in [1.54, 1.807) is 18.6 Å². The highest BCUT2D eigenvalue weighted by Gasteiger charge is 2.24. The van der Waals surface area contributed by atoms with Gasteiger partial charge in [0.2, 0.25) is 5.91 Å². The van der Waals surface area contributed by atoms with E-state index >= 15 is 0 Å². The molecule has 3 amide bonds. The van der Waals surface area contributed by atoms with Gasteiger partial charge in [0.15, 0.2) is 0 Å². The number of aromatic amines is 1. The Morgan fingerprint density at radius 3 is 2.64 bits per heavy atom. The lowest BCUT2D eigenvalue weighted by molar-refractivity contribution is -0.117. The molecular weight excluding hydrogens is 572 g/mol. The summed E-state index contributed by atoms with van der Waals surface area (Å²) in [6, 6.07) is 13.1. The Morgan fingerprint density at radius 1 is 1.02 bits per heavy atom. The molecule has 1 aromatic carbocycles. The quantitative estimate of drug-likeness (QED) is 0.210. The number of benzene rings is 1. The minimum absolute atomic E-state index is 0.0569. The highest BCUT2D eigenvalue weighted by molar-refractivity contribution is 5.99. The third kappa shape index (κ3) is 7.56. The van der Waals surface area contributed by atoms with Gasteiger partial charge in [-0.1, -0.05) is 18.2 Å². The SMILES string of the molecule is CN(C)C/C=C/C(=O)NC1CCN(c2ccnc(NC(=O)Nc3ccc(-c4cc5c(N6CCOCC6)ncnc5[nH]4)cc3)c2)C1. The summed E-state index contributed by atoms with van der Waals surface area (Å²) in [7, 11) is 3.92. The lowest BCUT2D eigenvalue weighted by Crippen LogP contribution is -2.36. The van der Waals surface area contributed by atoms with Crippen molar-refractivity contribution in [1.29, 1.82) is 0 Å². The molecule has 4 aromatic rings. The molecule has 234 valence electrons. The Balaban J connectivity index is 1.03. The summed E-state index contributed by atoms with van der Waals surface area (Å²) in [5.74, 6) is 1.26. The van der Waals surface area contributed by atoms with Crippen LogP contribution in [-0.4, -0.2) is 103 Å². The molecule has 5 heterocycles. The molecule has 1 unspecified atom stereocenters. The van der Waals surface area contributed by atoms with E-state index in [0.29, 0.717) is 37.8 Å². The number of fused-ring (bicyclic) bond motifs is 1. The van der Waals surface area contributed by atoms with Gasteiger partial charge in [-0.2, -0.15) is 0 Å². The summed E-state index contributed by atoms with van der Waals surface area (Å²) in [5, 5.41) is 9.74. The fourth-order valence-electron chi connectivity index (χ4n) is 5.54. The van der Waals surface area contributed by atoms with Gasteiger partial charge in [-0.05, 0) is 50.3 Å². The van der Waals surface area contributed by atoms with E-state index in [-0.39, 0.29) is 18.0 Å². The van der Waals surface area contributed by atoms with Gasteiger partial charge >= 0.3 is 6.03 Å². The fourth-order valence-corrected chi connectivity index (χ4v) is 5.54. The van der Waals surface area contributed by atoms with Gasteiger partial charge in [0.1, 0.15) is 23.6 Å². The van der Waals surface area contributed by atoms with Gasteiger partial charge in [-0.3, -0.25) is 10.1 Å². The largest absolute Gasteiger partial charge is 0.378 e. The van der Waals surface area contributed by atoms with Crippen LogP contribution >= 0.6 is 0 Å². The molecule has 0 spiro atoms. The van der Waals surface area contributed by atoms with Gasteiger partial charge in [0.05, 0.1) is 18.6 Å². The van der Waals surface area contributed by atoms with Crippen molar-refractivity contribution < 1.29 is 14.3 Å². The first-order valence-corrected chi connectivity index (χ1v) is 15.1. The van der Waals surface area contributed by atoms with Crippen molar-refractivity contribution in [3.63, 3.8) is 0 Å². The van der Waals surface area contributed by atoms with Crippen molar-refractivity contribution in [1.82, 2.24) is 30.2 Å². The standard InChI is InChI=1S/C32H38N10O3/c1-40(2)12-3-4-29(43)36-24-10-13-42(20-24)25-9-11-33-28(18-25)39-32(44)37-23-7-5-22(6-8-23)27-19-26-30(38-27)34-21-35-31(26)41-14-16-45-17-15-41/h3-9,11,18-19,21,24H,10,12-17,20H2,1-2H3,(H,36,43)(H,34,35,38)(H2,33,37,39,44)/b4-3+. The molecule has 0 radical (unpaired) electrons. The summed E-state index contributed by atoms with van der Waals surface area (Å²) in [6.07, 6.45) is 7.53. The number of amides is 3. The molecule has 13 nitrogen and oxygen atoms in total. The summed E-state index contributed by atoms with van der Waals surface area (Å²) < 4.78 is 5.49. The van der Waals surface area contributed by atoms with Crippen molar-refractivity contribution in [2.75, 3.05) is 80.5 Å². The highest BCUT2D eigenvalue weighted by atomic mass is 16.5. The number of likely N-dealkylation sites (N-methyl/N-ethyl adjacent to an activating group) is 1. The van der Waals surface area contributed by atoms with E-state index in [9.17, 15) is 9.59 Å². The van der Waals surface area contributed by atoms with Crippen LogP contribution in [0.5, 0.6) is 0 Å². The topological polar surface area (TPSA) is 144 Å². The van der Waals surface area contributed by atoms with Gasteiger partial charge in [-0.15, -0.1) is 0 Å². The smallest absolute Gasteiger partial charge is 0.324 e. The zero-order valence-electron chi connectivity index (χ0n) is 25.5. The van der Waals surface area contributed by atoms with Gasteiger partial charge in [0.25, 0.3) is 0 Å². The van der Waals surface area contributed by atoms with Crippen LogP contribution in [0.15, 0.2) is 67.1 Å². The lowest BCUT2D eigenvalue weighted by Gasteiger charge is -2.27. The van der Waals surface area contributed by atoms with E-state index < -0.39 is 0 Å². The molecule has 2 aliphatic rings. The van der Waals surface area contributed by atoms with Crippen molar-refractivity contribution in [3.05, 3.63) is 67.1 Å². The van der Waals surface area contributed by atoms with Crippen LogP contribution in [0.25, 0.3) is 22.3 Å². The average Bonchev–Trinajstić information content (AvgIpc) is 3.69. The molecule has 0 bridgehead atoms. The number of morpholine rings is 1. The van der Waals surface area contributed by atoms with Crippen molar-refractivity contribution in [3.8, 4) is 11.3 Å². The Kier molecular flexibility index (Phi) is 9.17. The third-order valence-electron chi connectivity index (χ3n) is 7.79. The van der Waals surface area contributed by atoms with Gasteiger partial charge in [0, 0.05) is 74.2 Å². The van der Waals surface area contributed by atoms with Crippen molar-refractivity contribution in [2.24, 2.45) is 0 Å². The van der Waals surface area contributed by atoms with E-state index in [2.05, 4.69) is 51.8 Å². The number of hydrogen-bond donors (Lipinski definition) is 4. The maximum atomic E-state index is 12.8. The summed E-state index contributed by atoms with van der Waals surface area (Å²) in [4.78, 5) is 48.1.